The minimum absolute atomic E-state index is 0.0820. The summed E-state index contributed by atoms with van der Waals surface area (Å²) in [6, 6.07) is 13.1. The van der Waals surface area contributed by atoms with Crippen LogP contribution in [0.2, 0.25) is 0 Å². The minimum atomic E-state index is -0.662. The summed E-state index contributed by atoms with van der Waals surface area (Å²) in [5.41, 5.74) is 2.35. The Morgan fingerprint density at radius 1 is 1.38 bits per heavy atom. The summed E-state index contributed by atoms with van der Waals surface area (Å²) < 4.78 is 0. The van der Waals surface area contributed by atoms with Crippen LogP contribution >= 0.6 is 0 Å². The molecule has 3 rings (SSSR count). The molecule has 0 spiro atoms. The lowest BCUT2D eigenvalue weighted by atomic mass is 9.86. The standard InChI is InChI=1S/C18H17N5O/c1-18(10-16(24)23(2)17(20)22-18)14-6-7-21-15(9-14)13-5-3-4-12(8-13)11-19/h3-9H,10H2,1-2H3,(H2,20,22). The highest BCUT2D eigenvalue weighted by molar-refractivity contribution is 5.98. The van der Waals surface area contributed by atoms with Crippen molar-refractivity contribution in [2.24, 2.45) is 0 Å². The van der Waals surface area contributed by atoms with Crippen molar-refractivity contribution in [2.75, 3.05) is 7.05 Å². The van der Waals surface area contributed by atoms with Crippen molar-refractivity contribution in [1.82, 2.24) is 15.2 Å². The molecule has 2 aromatic rings. The fourth-order valence-corrected chi connectivity index (χ4v) is 2.79. The molecule has 1 fully saturated rings. The Morgan fingerprint density at radius 3 is 2.88 bits per heavy atom. The third kappa shape index (κ3) is 2.72. The average Bonchev–Trinajstić information content (AvgIpc) is 2.60. The number of hydrogen-bond acceptors (Lipinski definition) is 4. The minimum Gasteiger partial charge on any atom is -0.346 e. The monoisotopic (exact) mass is 319 g/mol. The van der Waals surface area contributed by atoms with E-state index < -0.39 is 5.54 Å². The zero-order valence-electron chi connectivity index (χ0n) is 13.5. The Morgan fingerprint density at radius 2 is 2.17 bits per heavy atom. The lowest BCUT2D eigenvalue weighted by molar-refractivity contribution is -0.129. The van der Waals surface area contributed by atoms with Crippen LogP contribution in [-0.2, 0) is 10.3 Å². The number of carbonyl (C=O) groups is 1. The van der Waals surface area contributed by atoms with Crippen LogP contribution in [0, 0.1) is 16.7 Å². The number of nitriles is 1. The van der Waals surface area contributed by atoms with Gasteiger partial charge in [-0.15, -0.1) is 0 Å². The van der Waals surface area contributed by atoms with Gasteiger partial charge in [-0.3, -0.25) is 20.1 Å². The molecule has 1 atom stereocenters. The number of nitrogens with zero attached hydrogens (tertiary/aromatic N) is 3. The zero-order chi connectivity index (χ0) is 17.3. The number of hydrogen-bond donors (Lipinski definition) is 2. The lowest BCUT2D eigenvalue weighted by Crippen LogP contribution is -2.58. The quantitative estimate of drug-likeness (QED) is 0.887. The maximum Gasteiger partial charge on any atom is 0.231 e. The van der Waals surface area contributed by atoms with Crippen molar-refractivity contribution < 1.29 is 4.79 Å². The van der Waals surface area contributed by atoms with E-state index in [-0.39, 0.29) is 18.3 Å². The second kappa shape index (κ2) is 5.78. The Hall–Kier alpha value is -3.20. The number of guanidine groups is 1. The smallest absolute Gasteiger partial charge is 0.231 e. The van der Waals surface area contributed by atoms with E-state index in [0.717, 1.165) is 16.8 Å². The molecule has 0 bridgehead atoms. The second-order valence-corrected chi connectivity index (χ2v) is 6.06. The number of pyridine rings is 1. The predicted molar refractivity (Wildman–Crippen MR) is 90.0 cm³/mol. The SMILES string of the molecule is CN1C(=N)NC(C)(c2ccnc(-c3cccc(C#N)c3)c2)CC1=O. The molecule has 1 saturated heterocycles. The van der Waals surface area contributed by atoms with Gasteiger partial charge in [0.2, 0.25) is 5.91 Å². The van der Waals surface area contributed by atoms with E-state index in [0.29, 0.717) is 5.56 Å². The molecule has 2 N–H and O–H groups in total. The van der Waals surface area contributed by atoms with E-state index in [2.05, 4.69) is 16.4 Å². The summed E-state index contributed by atoms with van der Waals surface area (Å²) in [5.74, 6) is -0.0234. The number of amides is 1. The van der Waals surface area contributed by atoms with Crippen molar-refractivity contribution in [1.29, 1.82) is 10.7 Å². The van der Waals surface area contributed by atoms with Crippen LogP contribution in [0.5, 0.6) is 0 Å². The van der Waals surface area contributed by atoms with E-state index in [1.54, 1.807) is 25.4 Å². The molecule has 1 amide bonds. The maximum absolute atomic E-state index is 12.1. The van der Waals surface area contributed by atoms with Crippen LogP contribution < -0.4 is 5.32 Å². The van der Waals surface area contributed by atoms with E-state index in [4.69, 9.17) is 10.7 Å². The highest BCUT2D eigenvalue weighted by Crippen LogP contribution is 2.30. The molecule has 2 heterocycles. The van der Waals surface area contributed by atoms with Gasteiger partial charge < -0.3 is 5.32 Å². The number of aromatic nitrogens is 1. The van der Waals surface area contributed by atoms with Gasteiger partial charge in [0.15, 0.2) is 5.96 Å². The lowest BCUT2D eigenvalue weighted by Gasteiger charge is -2.39. The van der Waals surface area contributed by atoms with Gasteiger partial charge in [-0.25, -0.2) is 0 Å². The first kappa shape index (κ1) is 15.7. The predicted octanol–water partition coefficient (Wildman–Crippen LogP) is 2.22. The highest BCUT2D eigenvalue weighted by atomic mass is 16.2. The van der Waals surface area contributed by atoms with Crippen LogP contribution in [0.25, 0.3) is 11.3 Å². The first-order valence-corrected chi connectivity index (χ1v) is 7.53. The van der Waals surface area contributed by atoms with Crippen LogP contribution in [0.4, 0.5) is 0 Å². The van der Waals surface area contributed by atoms with Gasteiger partial charge in [0, 0.05) is 18.8 Å². The van der Waals surface area contributed by atoms with Gasteiger partial charge in [0.05, 0.1) is 29.3 Å². The Balaban J connectivity index is 2.00. The summed E-state index contributed by atoms with van der Waals surface area (Å²) in [5, 5.41) is 20.1. The number of nitrogens with one attached hydrogen (secondary N) is 2. The van der Waals surface area contributed by atoms with Crippen LogP contribution in [-0.4, -0.2) is 28.8 Å². The first-order valence-electron chi connectivity index (χ1n) is 7.53. The molecule has 0 saturated carbocycles. The van der Waals surface area contributed by atoms with Crippen molar-refractivity contribution in [3.63, 3.8) is 0 Å². The molecule has 24 heavy (non-hydrogen) atoms. The Kier molecular flexibility index (Phi) is 3.78. The van der Waals surface area contributed by atoms with E-state index in [1.165, 1.54) is 4.90 Å². The number of benzene rings is 1. The highest BCUT2D eigenvalue weighted by Gasteiger charge is 2.38. The van der Waals surface area contributed by atoms with E-state index in [9.17, 15) is 4.79 Å². The van der Waals surface area contributed by atoms with Crippen molar-refractivity contribution in [3.05, 3.63) is 53.7 Å². The summed E-state index contributed by atoms with van der Waals surface area (Å²) in [6.07, 6.45) is 1.94. The zero-order valence-corrected chi connectivity index (χ0v) is 13.5. The van der Waals surface area contributed by atoms with Gasteiger partial charge in [0.1, 0.15) is 0 Å². The molecule has 1 aliphatic rings. The van der Waals surface area contributed by atoms with Crippen molar-refractivity contribution in [2.45, 2.75) is 18.9 Å². The van der Waals surface area contributed by atoms with Gasteiger partial charge in [-0.1, -0.05) is 12.1 Å². The van der Waals surface area contributed by atoms with Gasteiger partial charge in [-0.05, 0) is 36.8 Å². The number of rotatable bonds is 2. The molecule has 0 radical (unpaired) electrons. The average molecular weight is 319 g/mol. The van der Waals surface area contributed by atoms with Crippen LogP contribution in [0.15, 0.2) is 42.6 Å². The molecule has 120 valence electrons. The third-order valence-electron chi connectivity index (χ3n) is 4.29. The molecular formula is C18H17N5O. The number of carbonyl (C=O) groups excluding carboxylic acids is 1. The summed E-state index contributed by atoms with van der Waals surface area (Å²) >= 11 is 0. The molecule has 1 aliphatic heterocycles. The van der Waals surface area contributed by atoms with Gasteiger partial charge in [-0.2, -0.15) is 5.26 Å². The van der Waals surface area contributed by atoms with Crippen molar-refractivity contribution in [3.8, 4) is 17.3 Å². The maximum atomic E-state index is 12.1. The topological polar surface area (TPSA) is 92.9 Å². The van der Waals surface area contributed by atoms with Gasteiger partial charge >= 0.3 is 0 Å². The van der Waals surface area contributed by atoms with Gasteiger partial charge in [0.25, 0.3) is 0 Å². The van der Waals surface area contributed by atoms with E-state index in [1.807, 2.05) is 31.2 Å². The second-order valence-electron chi connectivity index (χ2n) is 6.06. The normalized spacial score (nSPS) is 20.5. The van der Waals surface area contributed by atoms with Crippen molar-refractivity contribution >= 4 is 11.9 Å². The van der Waals surface area contributed by atoms with Crippen LogP contribution in [0.3, 0.4) is 0 Å². The Labute approximate surface area is 140 Å². The Bertz CT molecular complexity index is 850. The fraction of sp³-hybridized carbons (Fsp3) is 0.222. The molecule has 0 aliphatic carbocycles. The largest absolute Gasteiger partial charge is 0.346 e. The molecule has 6 heteroatoms. The molecular weight excluding hydrogens is 302 g/mol. The van der Waals surface area contributed by atoms with E-state index >= 15 is 0 Å². The molecule has 6 nitrogen and oxygen atoms in total. The summed E-state index contributed by atoms with van der Waals surface area (Å²) in [4.78, 5) is 17.8. The fourth-order valence-electron chi connectivity index (χ4n) is 2.79. The first-order chi connectivity index (χ1) is 11.4. The van der Waals surface area contributed by atoms with Crippen LogP contribution in [0.1, 0.15) is 24.5 Å². The molecule has 1 aromatic heterocycles. The molecule has 1 unspecified atom stereocenters. The summed E-state index contributed by atoms with van der Waals surface area (Å²) in [6.45, 7) is 1.90. The third-order valence-corrected chi connectivity index (χ3v) is 4.29. The molecule has 1 aromatic carbocycles. The summed E-state index contributed by atoms with van der Waals surface area (Å²) in [7, 11) is 1.59.